The van der Waals surface area contributed by atoms with Gasteiger partial charge in [-0.2, -0.15) is 0 Å². The molecule has 0 bridgehead atoms. The van der Waals surface area contributed by atoms with Gasteiger partial charge in [-0.3, -0.25) is 9.69 Å². The van der Waals surface area contributed by atoms with Crippen molar-refractivity contribution in [3.8, 4) is 0 Å². The first-order chi connectivity index (χ1) is 6.75. The number of carbonyl (C=O) groups is 1. The Bertz CT molecular complexity index is 219. The molecule has 80 valence electrons. The molecule has 0 unspecified atom stereocenters. The van der Waals surface area contributed by atoms with Crippen molar-refractivity contribution in [2.45, 2.75) is 31.9 Å². The van der Waals surface area contributed by atoms with Crippen molar-refractivity contribution in [2.24, 2.45) is 0 Å². The van der Waals surface area contributed by atoms with E-state index in [1.807, 2.05) is 0 Å². The first-order valence-electron chi connectivity index (χ1n) is 5.24. The molecule has 0 aromatic rings. The van der Waals surface area contributed by atoms with Crippen LogP contribution in [0.3, 0.4) is 0 Å². The van der Waals surface area contributed by atoms with E-state index in [0.29, 0.717) is 12.6 Å². The van der Waals surface area contributed by atoms with E-state index in [4.69, 9.17) is 9.47 Å². The number of rotatable bonds is 2. The van der Waals surface area contributed by atoms with Gasteiger partial charge in [0.05, 0.1) is 6.61 Å². The fourth-order valence-electron chi connectivity index (χ4n) is 2.20. The van der Waals surface area contributed by atoms with Gasteiger partial charge in [-0.05, 0) is 19.4 Å². The SMILES string of the molecule is CC(=O)OC[C@@H]1CN2CCC[C@H]2CO1. The summed E-state index contributed by atoms with van der Waals surface area (Å²) in [5.74, 6) is -0.225. The number of hydrogen-bond acceptors (Lipinski definition) is 4. The van der Waals surface area contributed by atoms with Crippen molar-refractivity contribution >= 4 is 5.97 Å². The highest BCUT2D eigenvalue weighted by Crippen LogP contribution is 2.22. The van der Waals surface area contributed by atoms with E-state index in [-0.39, 0.29) is 12.1 Å². The third-order valence-corrected chi connectivity index (χ3v) is 2.93. The monoisotopic (exact) mass is 199 g/mol. The maximum atomic E-state index is 10.6. The summed E-state index contributed by atoms with van der Waals surface area (Å²) in [6.45, 7) is 4.72. The Kier molecular flexibility index (Phi) is 3.03. The molecule has 14 heavy (non-hydrogen) atoms. The van der Waals surface area contributed by atoms with Crippen molar-refractivity contribution in [3.63, 3.8) is 0 Å². The van der Waals surface area contributed by atoms with Gasteiger partial charge in [0, 0.05) is 19.5 Å². The maximum Gasteiger partial charge on any atom is 0.302 e. The Morgan fingerprint density at radius 3 is 3.29 bits per heavy atom. The molecule has 0 aliphatic carbocycles. The summed E-state index contributed by atoms with van der Waals surface area (Å²) in [5, 5.41) is 0. The Morgan fingerprint density at radius 1 is 1.64 bits per heavy atom. The van der Waals surface area contributed by atoms with Gasteiger partial charge in [-0.15, -0.1) is 0 Å². The summed E-state index contributed by atoms with van der Waals surface area (Å²) >= 11 is 0. The summed E-state index contributed by atoms with van der Waals surface area (Å²) in [7, 11) is 0. The van der Waals surface area contributed by atoms with Gasteiger partial charge in [0.25, 0.3) is 0 Å². The lowest BCUT2D eigenvalue weighted by Crippen LogP contribution is -2.47. The lowest BCUT2D eigenvalue weighted by atomic mass is 10.2. The van der Waals surface area contributed by atoms with Crippen LogP contribution in [0, 0.1) is 0 Å². The third-order valence-electron chi connectivity index (χ3n) is 2.93. The van der Waals surface area contributed by atoms with Crippen molar-refractivity contribution in [2.75, 3.05) is 26.3 Å². The Morgan fingerprint density at radius 2 is 2.50 bits per heavy atom. The minimum atomic E-state index is -0.225. The molecule has 2 saturated heterocycles. The molecule has 0 N–H and O–H groups in total. The van der Waals surface area contributed by atoms with Gasteiger partial charge in [0.2, 0.25) is 0 Å². The second-order valence-electron chi connectivity index (χ2n) is 4.05. The second kappa shape index (κ2) is 4.28. The van der Waals surface area contributed by atoms with Crippen molar-refractivity contribution < 1.29 is 14.3 Å². The normalized spacial score (nSPS) is 32.6. The van der Waals surface area contributed by atoms with E-state index < -0.39 is 0 Å². The van der Waals surface area contributed by atoms with Crippen LogP contribution in [0.2, 0.25) is 0 Å². The van der Waals surface area contributed by atoms with E-state index in [1.54, 1.807) is 0 Å². The molecule has 0 spiro atoms. The van der Waals surface area contributed by atoms with Crippen LogP contribution in [0.4, 0.5) is 0 Å². The molecule has 2 atom stereocenters. The van der Waals surface area contributed by atoms with E-state index in [0.717, 1.165) is 13.2 Å². The highest BCUT2D eigenvalue weighted by atomic mass is 16.6. The highest BCUT2D eigenvalue weighted by molar-refractivity contribution is 5.65. The number of ether oxygens (including phenoxy) is 2. The predicted molar refractivity (Wildman–Crippen MR) is 51.0 cm³/mol. The van der Waals surface area contributed by atoms with E-state index in [9.17, 15) is 4.79 Å². The van der Waals surface area contributed by atoms with Gasteiger partial charge < -0.3 is 9.47 Å². The molecule has 0 radical (unpaired) electrons. The first kappa shape index (κ1) is 9.93. The summed E-state index contributed by atoms with van der Waals surface area (Å²) in [5.41, 5.74) is 0. The van der Waals surface area contributed by atoms with Crippen LogP contribution in [0.15, 0.2) is 0 Å². The number of esters is 1. The van der Waals surface area contributed by atoms with Gasteiger partial charge in [-0.25, -0.2) is 0 Å². The summed E-state index contributed by atoms with van der Waals surface area (Å²) in [6, 6.07) is 0.614. The van der Waals surface area contributed by atoms with Crippen LogP contribution in [0.25, 0.3) is 0 Å². The van der Waals surface area contributed by atoms with Gasteiger partial charge >= 0.3 is 5.97 Å². The number of carbonyl (C=O) groups excluding carboxylic acids is 1. The van der Waals surface area contributed by atoms with Crippen LogP contribution in [-0.2, 0) is 14.3 Å². The standard InChI is InChI=1S/C10H17NO3/c1-8(12)13-7-10-5-11-4-2-3-9(11)6-14-10/h9-10H,2-7H2,1H3/t9-,10-/m0/s1. The predicted octanol–water partition coefficient (Wildman–Crippen LogP) is 0.413. The molecule has 4 heteroatoms. The fourth-order valence-corrected chi connectivity index (χ4v) is 2.20. The molecule has 0 amide bonds. The minimum absolute atomic E-state index is 0.0771. The average Bonchev–Trinajstić information content (AvgIpc) is 2.61. The van der Waals surface area contributed by atoms with Crippen molar-refractivity contribution in [3.05, 3.63) is 0 Å². The zero-order valence-electron chi connectivity index (χ0n) is 8.57. The average molecular weight is 199 g/mol. The van der Waals surface area contributed by atoms with Crippen molar-refractivity contribution in [1.82, 2.24) is 4.90 Å². The Labute approximate surface area is 84.2 Å². The molecule has 0 saturated carbocycles. The molecular weight excluding hydrogens is 182 g/mol. The van der Waals surface area contributed by atoms with Crippen LogP contribution in [-0.4, -0.2) is 49.3 Å². The van der Waals surface area contributed by atoms with Crippen molar-refractivity contribution in [1.29, 1.82) is 0 Å². The molecule has 4 nitrogen and oxygen atoms in total. The van der Waals surface area contributed by atoms with Gasteiger partial charge in [-0.1, -0.05) is 0 Å². The van der Waals surface area contributed by atoms with E-state index in [1.165, 1.54) is 26.3 Å². The Hall–Kier alpha value is -0.610. The summed E-state index contributed by atoms with van der Waals surface area (Å²) < 4.78 is 10.6. The van der Waals surface area contributed by atoms with Crippen LogP contribution < -0.4 is 0 Å². The minimum Gasteiger partial charge on any atom is -0.463 e. The molecule has 2 aliphatic rings. The van der Waals surface area contributed by atoms with E-state index >= 15 is 0 Å². The third kappa shape index (κ3) is 2.25. The lowest BCUT2D eigenvalue weighted by molar-refractivity contribution is -0.149. The fraction of sp³-hybridized carbons (Fsp3) is 0.900. The topological polar surface area (TPSA) is 38.8 Å². The van der Waals surface area contributed by atoms with Gasteiger partial charge in [0.15, 0.2) is 0 Å². The van der Waals surface area contributed by atoms with E-state index in [2.05, 4.69) is 4.90 Å². The van der Waals surface area contributed by atoms with Crippen LogP contribution in [0.1, 0.15) is 19.8 Å². The quantitative estimate of drug-likeness (QED) is 0.604. The largest absolute Gasteiger partial charge is 0.463 e. The maximum absolute atomic E-state index is 10.6. The summed E-state index contributed by atoms with van der Waals surface area (Å²) in [4.78, 5) is 13.1. The molecule has 0 aromatic carbocycles. The first-order valence-corrected chi connectivity index (χ1v) is 5.24. The molecular formula is C10H17NO3. The molecule has 2 rings (SSSR count). The summed E-state index contributed by atoms with van der Waals surface area (Å²) in [6.07, 6.45) is 2.60. The number of morpholine rings is 1. The Balaban J connectivity index is 1.77. The molecule has 2 aliphatic heterocycles. The number of hydrogen-bond donors (Lipinski definition) is 0. The smallest absolute Gasteiger partial charge is 0.302 e. The molecule has 2 fully saturated rings. The van der Waals surface area contributed by atoms with Gasteiger partial charge in [0.1, 0.15) is 12.7 Å². The lowest BCUT2D eigenvalue weighted by Gasteiger charge is -2.34. The number of fused-ring (bicyclic) bond motifs is 1. The second-order valence-corrected chi connectivity index (χ2v) is 4.05. The zero-order valence-corrected chi connectivity index (χ0v) is 8.57. The highest BCUT2D eigenvalue weighted by Gasteiger charge is 2.32. The molecule has 0 aromatic heterocycles. The number of nitrogens with zero attached hydrogens (tertiary/aromatic N) is 1. The van der Waals surface area contributed by atoms with Crippen LogP contribution in [0.5, 0.6) is 0 Å². The zero-order chi connectivity index (χ0) is 9.97. The van der Waals surface area contributed by atoms with Crippen LogP contribution >= 0.6 is 0 Å². The molecule has 2 heterocycles.